The summed E-state index contributed by atoms with van der Waals surface area (Å²) in [5.41, 5.74) is 7.47. The first kappa shape index (κ1) is 11.9. The van der Waals surface area contributed by atoms with E-state index in [2.05, 4.69) is 4.98 Å². The van der Waals surface area contributed by atoms with Gasteiger partial charge < -0.3 is 10.3 Å². The van der Waals surface area contributed by atoms with E-state index in [0.29, 0.717) is 17.5 Å². The largest absolute Gasteiger partial charge is 0.369 e. The van der Waals surface area contributed by atoms with Crippen molar-refractivity contribution in [3.05, 3.63) is 46.5 Å². The molecule has 2 aromatic rings. The Balaban J connectivity index is 2.07. The fourth-order valence-corrected chi connectivity index (χ4v) is 1.85. The fraction of sp³-hybridized carbons (Fsp3) is 0.250. The Kier molecular flexibility index (Phi) is 3.33. The fourth-order valence-electron chi connectivity index (χ4n) is 1.63. The van der Waals surface area contributed by atoms with E-state index in [1.54, 1.807) is 23.7 Å². The van der Waals surface area contributed by atoms with Crippen LogP contribution in [0, 0.1) is 5.82 Å². The van der Waals surface area contributed by atoms with E-state index in [1.807, 2.05) is 0 Å². The van der Waals surface area contributed by atoms with Crippen molar-refractivity contribution in [1.82, 2.24) is 9.55 Å². The van der Waals surface area contributed by atoms with Gasteiger partial charge in [0.25, 0.3) is 0 Å². The Bertz CT molecular complexity index is 519. The smallest absolute Gasteiger partial charge is 0.201 e. The zero-order valence-corrected chi connectivity index (χ0v) is 10.2. The van der Waals surface area contributed by atoms with E-state index in [-0.39, 0.29) is 5.82 Å². The highest BCUT2D eigenvalue weighted by atomic mass is 35.5. The quantitative estimate of drug-likeness (QED) is 0.914. The van der Waals surface area contributed by atoms with E-state index in [4.69, 9.17) is 17.3 Å². The molecule has 0 unspecified atom stereocenters. The lowest BCUT2D eigenvalue weighted by Gasteiger charge is -2.00. The third kappa shape index (κ3) is 2.58. The summed E-state index contributed by atoms with van der Waals surface area (Å²) in [5, 5.41) is 0.560. The van der Waals surface area contributed by atoms with E-state index in [1.165, 1.54) is 12.1 Å². The average molecular weight is 254 g/mol. The number of aromatic nitrogens is 2. The number of hydrogen-bond donors (Lipinski definition) is 1. The molecule has 0 saturated heterocycles. The lowest BCUT2D eigenvalue weighted by molar-refractivity contribution is 0.627. The van der Waals surface area contributed by atoms with Crippen LogP contribution in [0.15, 0.2) is 24.3 Å². The van der Waals surface area contributed by atoms with Crippen molar-refractivity contribution in [2.45, 2.75) is 12.8 Å². The van der Waals surface area contributed by atoms with Gasteiger partial charge in [0, 0.05) is 7.05 Å². The summed E-state index contributed by atoms with van der Waals surface area (Å²) < 4.78 is 14.4. The van der Waals surface area contributed by atoms with E-state index in [9.17, 15) is 4.39 Å². The number of imidazole rings is 1. The second-order valence-corrected chi connectivity index (χ2v) is 4.25. The molecule has 2 N–H and O–H groups in total. The summed E-state index contributed by atoms with van der Waals surface area (Å²) >= 11 is 6.07. The molecule has 0 saturated carbocycles. The maximum atomic E-state index is 12.7. The number of nitrogens with two attached hydrogens (primary N) is 1. The summed E-state index contributed by atoms with van der Waals surface area (Å²) in [6.45, 7) is 0. The van der Waals surface area contributed by atoms with Gasteiger partial charge in [-0.1, -0.05) is 23.7 Å². The molecule has 0 aliphatic heterocycles. The number of nitrogen functional groups attached to an aromatic ring is 1. The Labute approximate surface area is 104 Å². The molecule has 3 nitrogen and oxygen atoms in total. The molecule has 1 aromatic heterocycles. The van der Waals surface area contributed by atoms with Crippen molar-refractivity contribution < 1.29 is 4.39 Å². The number of anilines is 1. The topological polar surface area (TPSA) is 43.8 Å². The van der Waals surface area contributed by atoms with Crippen LogP contribution in [0.3, 0.4) is 0 Å². The van der Waals surface area contributed by atoms with Crippen molar-refractivity contribution in [3.8, 4) is 0 Å². The van der Waals surface area contributed by atoms with Gasteiger partial charge in [0.2, 0.25) is 5.95 Å². The van der Waals surface area contributed by atoms with Crippen LogP contribution in [-0.2, 0) is 19.9 Å². The van der Waals surface area contributed by atoms with E-state index in [0.717, 1.165) is 17.7 Å². The standard InChI is InChI=1S/C12H13ClFN3/c1-17-11(13)10(16-12(17)15)7-4-8-2-5-9(14)6-3-8/h2-3,5-6H,4,7H2,1H3,(H2,15,16). The highest BCUT2D eigenvalue weighted by Gasteiger charge is 2.10. The number of nitrogens with zero attached hydrogens (tertiary/aromatic N) is 2. The van der Waals surface area contributed by atoms with Crippen LogP contribution >= 0.6 is 11.6 Å². The number of hydrogen-bond acceptors (Lipinski definition) is 2. The normalized spacial score (nSPS) is 10.8. The Morgan fingerprint density at radius 1 is 1.29 bits per heavy atom. The third-order valence-corrected chi connectivity index (χ3v) is 3.16. The number of rotatable bonds is 3. The average Bonchev–Trinajstić information content (AvgIpc) is 2.56. The Morgan fingerprint density at radius 2 is 1.94 bits per heavy atom. The minimum Gasteiger partial charge on any atom is -0.369 e. The van der Waals surface area contributed by atoms with Crippen molar-refractivity contribution >= 4 is 17.5 Å². The maximum Gasteiger partial charge on any atom is 0.201 e. The van der Waals surface area contributed by atoms with Gasteiger partial charge in [-0.25, -0.2) is 9.37 Å². The first-order valence-corrected chi connectivity index (χ1v) is 5.66. The predicted molar refractivity (Wildman–Crippen MR) is 66.4 cm³/mol. The highest BCUT2D eigenvalue weighted by molar-refractivity contribution is 6.30. The molecule has 2 rings (SSSR count). The SMILES string of the molecule is Cn1c(N)nc(CCc2ccc(F)cc2)c1Cl. The van der Waals surface area contributed by atoms with Crippen molar-refractivity contribution in [2.24, 2.45) is 7.05 Å². The monoisotopic (exact) mass is 253 g/mol. The van der Waals surface area contributed by atoms with Crippen LogP contribution < -0.4 is 5.73 Å². The van der Waals surface area contributed by atoms with E-state index >= 15 is 0 Å². The summed E-state index contributed by atoms with van der Waals surface area (Å²) in [5.74, 6) is 0.179. The Hall–Kier alpha value is -1.55. The molecule has 1 heterocycles. The molecular formula is C12H13ClFN3. The van der Waals surface area contributed by atoms with E-state index < -0.39 is 0 Å². The maximum absolute atomic E-state index is 12.7. The lowest BCUT2D eigenvalue weighted by Crippen LogP contribution is -1.96. The molecule has 17 heavy (non-hydrogen) atoms. The number of aryl methyl sites for hydroxylation is 2. The molecule has 0 aliphatic carbocycles. The molecule has 0 bridgehead atoms. The minimum absolute atomic E-state index is 0.228. The predicted octanol–water partition coefficient (Wildman–Crippen LogP) is 2.58. The van der Waals surface area contributed by atoms with Gasteiger partial charge in [0.15, 0.2) is 0 Å². The van der Waals surface area contributed by atoms with Crippen LogP contribution in [0.4, 0.5) is 10.3 Å². The van der Waals surface area contributed by atoms with Gasteiger partial charge in [-0.3, -0.25) is 0 Å². The van der Waals surface area contributed by atoms with Gasteiger partial charge in [-0.05, 0) is 30.5 Å². The van der Waals surface area contributed by atoms with Crippen molar-refractivity contribution in [1.29, 1.82) is 0 Å². The molecule has 0 aliphatic rings. The van der Waals surface area contributed by atoms with Crippen molar-refractivity contribution in [2.75, 3.05) is 5.73 Å². The molecule has 0 amide bonds. The molecule has 0 radical (unpaired) electrons. The van der Waals surface area contributed by atoms with Crippen LogP contribution in [0.5, 0.6) is 0 Å². The van der Waals surface area contributed by atoms with Gasteiger partial charge >= 0.3 is 0 Å². The molecule has 5 heteroatoms. The lowest BCUT2D eigenvalue weighted by atomic mass is 10.1. The molecule has 0 atom stereocenters. The first-order chi connectivity index (χ1) is 8.08. The molecular weight excluding hydrogens is 241 g/mol. The molecule has 0 spiro atoms. The van der Waals surface area contributed by atoms with Gasteiger partial charge in [-0.15, -0.1) is 0 Å². The molecule has 0 fully saturated rings. The van der Waals surface area contributed by atoms with Crippen molar-refractivity contribution in [3.63, 3.8) is 0 Å². The zero-order valence-electron chi connectivity index (χ0n) is 9.45. The summed E-state index contributed by atoms with van der Waals surface area (Å²) in [4.78, 5) is 4.18. The second-order valence-electron chi connectivity index (χ2n) is 3.89. The second kappa shape index (κ2) is 4.75. The molecule has 1 aromatic carbocycles. The van der Waals surface area contributed by atoms with Gasteiger partial charge in [0.1, 0.15) is 11.0 Å². The highest BCUT2D eigenvalue weighted by Crippen LogP contribution is 2.19. The van der Waals surface area contributed by atoms with Crippen LogP contribution in [0.1, 0.15) is 11.3 Å². The Morgan fingerprint density at radius 3 is 2.47 bits per heavy atom. The zero-order chi connectivity index (χ0) is 12.4. The first-order valence-electron chi connectivity index (χ1n) is 5.29. The van der Waals surface area contributed by atoms with Crippen LogP contribution in [-0.4, -0.2) is 9.55 Å². The molecule has 90 valence electrons. The summed E-state index contributed by atoms with van der Waals surface area (Å²) in [6, 6.07) is 6.42. The van der Waals surface area contributed by atoms with Gasteiger partial charge in [0.05, 0.1) is 5.69 Å². The van der Waals surface area contributed by atoms with Crippen LogP contribution in [0.2, 0.25) is 5.15 Å². The summed E-state index contributed by atoms with van der Waals surface area (Å²) in [6.07, 6.45) is 1.45. The van der Waals surface area contributed by atoms with Gasteiger partial charge in [-0.2, -0.15) is 0 Å². The third-order valence-electron chi connectivity index (χ3n) is 2.69. The minimum atomic E-state index is -0.228. The summed E-state index contributed by atoms with van der Waals surface area (Å²) in [7, 11) is 1.77. The number of benzene rings is 1. The van der Waals surface area contributed by atoms with Crippen LogP contribution in [0.25, 0.3) is 0 Å². The number of halogens is 2.